The third-order valence-corrected chi connectivity index (χ3v) is 7.35. The van der Waals surface area contributed by atoms with Gasteiger partial charge in [-0.15, -0.1) is 0 Å². The van der Waals surface area contributed by atoms with E-state index in [9.17, 15) is 14.4 Å². The van der Waals surface area contributed by atoms with Gasteiger partial charge in [0.2, 0.25) is 17.7 Å². The molecule has 3 aliphatic heterocycles. The molecule has 0 aromatic rings. The summed E-state index contributed by atoms with van der Waals surface area (Å²) < 4.78 is 6.33. The molecule has 0 saturated carbocycles. The van der Waals surface area contributed by atoms with Crippen LogP contribution in [0.4, 0.5) is 0 Å². The number of halogens is 1. The van der Waals surface area contributed by atoms with Gasteiger partial charge in [0, 0.05) is 31.1 Å². The van der Waals surface area contributed by atoms with E-state index in [0.717, 1.165) is 12.8 Å². The number of hydrogen-bond donors (Lipinski definition) is 3. The second-order valence-electron chi connectivity index (χ2n) is 8.44. The third kappa shape index (κ3) is 3.70. The minimum Gasteiger partial charge on any atom is -0.396 e. The molecule has 2 bridgehead atoms. The standard InChI is InChI=1S/C20H32BrN3O5/c1-4-7-11(2)23-18(27)16-20-10-12(21)15(29-20)13(17(26)22-3)14(20)19(28)24(16)8-5-6-9-25/h11-16,25H,4-10H2,1-3H3,(H,22,26)(H,23,27)/t11?,12?,13-,14-,15-,16?,20?/m0/s1. The average molecular weight is 474 g/mol. The van der Waals surface area contributed by atoms with Crippen LogP contribution in [-0.2, 0) is 19.1 Å². The zero-order valence-electron chi connectivity index (χ0n) is 17.3. The van der Waals surface area contributed by atoms with Crippen LogP contribution in [0, 0.1) is 11.8 Å². The molecule has 0 radical (unpaired) electrons. The van der Waals surface area contributed by atoms with Gasteiger partial charge in [-0.25, -0.2) is 0 Å². The molecule has 0 aromatic carbocycles. The first kappa shape index (κ1) is 22.5. The Morgan fingerprint density at radius 3 is 2.72 bits per heavy atom. The summed E-state index contributed by atoms with van der Waals surface area (Å²) in [4.78, 5) is 40.9. The molecule has 3 saturated heterocycles. The van der Waals surface area contributed by atoms with Crippen molar-refractivity contribution < 1.29 is 24.2 Å². The molecule has 9 heteroatoms. The zero-order chi connectivity index (χ0) is 21.3. The summed E-state index contributed by atoms with van der Waals surface area (Å²) in [6.07, 6.45) is 3.01. The van der Waals surface area contributed by atoms with Gasteiger partial charge in [-0.2, -0.15) is 0 Å². The largest absolute Gasteiger partial charge is 0.396 e. The molecule has 3 rings (SSSR count). The van der Waals surface area contributed by atoms with Gasteiger partial charge in [-0.1, -0.05) is 29.3 Å². The van der Waals surface area contributed by atoms with Gasteiger partial charge < -0.3 is 25.4 Å². The summed E-state index contributed by atoms with van der Waals surface area (Å²) in [5.41, 5.74) is -0.998. The fourth-order valence-corrected chi connectivity index (χ4v) is 6.30. The normalized spacial score (nSPS) is 36.2. The summed E-state index contributed by atoms with van der Waals surface area (Å²) in [6.45, 7) is 4.41. The topological polar surface area (TPSA) is 108 Å². The quantitative estimate of drug-likeness (QED) is 0.334. The van der Waals surface area contributed by atoms with Crippen LogP contribution >= 0.6 is 15.9 Å². The predicted molar refractivity (Wildman–Crippen MR) is 110 cm³/mol. The maximum Gasteiger partial charge on any atom is 0.246 e. The molecule has 3 fully saturated rings. The summed E-state index contributed by atoms with van der Waals surface area (Å²) in [7, 11) is 1.55. The Hall–Kier alpha value is -1.19. The third-order valence-electron chi connectivity index (χ3n) is 6.50. The van der Waals surface area contributed by atoms with Crippen LogP contribution < -0.4 is 10.6 Å². The number of unbranched alkanes of at least 4 members (excludes halogenated alkanes) is 1. The number of aliphatic hydroxyl groups excluding tert-OH is 1. The lowest BCUT2D eigenvalue weighted by Crippen LogP contribution is -2.57. The summed E-state index contributed by atoms with van der Waals surface area (Å²) in [5, 5.41) is 14.8. The minimum absolute atomic E-state index is 0.00884. The van der Waals surface area contributed by atoms with Crippen molar-refractivity contribution in [3.8, 4) is 0 Å². The SMILES string of the molecule is CCCC(C)NC(=O)C1N(CCCCO)C(=O)[C@@H]2[C@H](C(=O)NC)[C@H]3OC12CC3Br. The van der Waals surface area contributed by atoms with E-state index in [0.29, 0.717) is 25.8 Å². The fourth-order valence-electron chi connectivity index (χ4n) is 5.36. The van der Waals surface area contributed by atoms with Crippen molar-refractivity contribution in [1.82, 2.24) is 15.5 Å². The Morgan fingerprint density at radius 2 is 2.10 bits per heavy atom. The van der Waals surface area contributed by atoms with Crippen molar-refractivity contribution in [3.63, 3.8) is 0 Å². The Bertz CT molecular complexity index is 662. The van der Waals surface area contributed by atoms with Gasteiger partial charge >= 0.3 is 0 Å². The molecule has 3 heterocycles. The molecule has 4 unspecified atom stereocenters. The van der Waals surface area contributed by atoms with Gasteiger partial charge in [0.15, 0.2) is 0 Å². The maximum atomic E-state index is 13.4. The average Bonchev–Trinajstić information content (AvgIpc) is 3.25. The number of aliphatic hydroxyl groups is 1. The molecule has 7 atom stereocenters. The van der Waals surface area contributed by atoms with Crippen LogP contribution in [0.15, 0.2) is 0 Å². The first-order chi connectivity index (χ1) is 13.8. The highest BCUT2D eigenvalue weighted by molar-refractivity contribution is 9.09. The van der Waals surface area contributed by atoms with Crippen LogP contribution in [0.2, 0.25) is 0 Å². The smallest absolute Gasteiger partial charge is 0.246 e. The van der Waals surface area contributed by atoms with Gasteiger partial charge in [0.25, 0.3) is 0 Å². The number of likely N-dealkylation sites (tertiary alicyclic amines) is 1. The number of ether oxygens (including phenoxy) is 1. The number of rotatable bonds is 9. The minimum atomic E-state index is -0.998. The van der Waals surface area contributed by atoms with E-state index in [2.05, 4.69) is 33.5 Å². The number of alkyl halides is 1. The monoisotopic (exact) mass is 473 g/mol. The summed E-state index contributed by atoms with van der Waals surface area (Å²) >= 11 is 3.62. The number of fused-ring (bicyclic) bond motifs is 1. The predicted octanol–water partition coefficient (Wildman–Crippen LogP) is 0.558. The zero-order valence-corrected chi connectivity index (χ0v) is 18.9. The van der Waals surface area contributed by atoms with E-state index < -0.39 is 29.6 Å². The van der Waals surface area contributed by atoms with E-state index in [4.69, 9.17) is 9.84 Å². The molecule has 0 aliphatic carbocycles. The van der Waals surface area contributed by atoms with Gasteiger partial charge in [0.1, 0.15) is 11.6 Å². The number of nitrogens with one attached hydrogen (secondary N) is 2. The van der Waals surface area contributed by atoms with E-state index >= 15 is 0 Å². The lowest BCUT2D eigenvalue weighted by atomic mass is 9.70. The molecule has 8 nitrogen and oxygen atoms in total. The van der Waals surface area contributed by atoms with Crippen LogP contribution in [-0.4, -0.2) is 76.5 Å². The fraction of sp³-hybridized carbons (Fsp3) is 0.850. The number of carbonyl (C=O) groups excluding carboxylic acids is 3. The van der Waals surface area contributed by atoms with Crippen LogP contribution in [0.25, 0.3) is 0 Å². The van der Waals surface area contributed by atoms with Gasteiger partial charge in [-0.05, 0) is 32.6 Å². The highest BCUT2D eigenvalue weighted by Gasteiger charge is 2.76. The second kappa shape index (κ2) is 8.89. The summed E-state index contributed by atoms with van der Waals surface area (Å²) in [6, 6.07) is -0.775. The van der Waals surface area contributed by atoms with E-state index in [1.165, 1.54) is 0 Å². The first-order valence-electron chi connectivity index (χ1n) is 10.6. The Kier molecular flexibility index (Phi) is 6.90. The molecule has 3 amide bonds. The van der Waals surface area contributed by atoms with Crippen LogP contribution in [0.5, 0.6) is 0 Å². The molecule has 29 heavy (non-hydrogen) atoms. The molecular formula is C20H32BrN3O5. The van der Waals surface area contributed by atoms with Crippen molar-refractivity contribution in [2.45, 2.75) is 74.6 Å². The second-order valence-corrected chi connectivity index (χ2v) is 9.61. The van der Waals surface area contributed by atoms with E-state index in [1.807, 2.05) is 6.92 Å². The Morgan fingerprint density at radius 1 is 1.38 bits per heavy atom. The van der Waals surface area contributed by atoms with Crippen molar-refractivity contribution in [2.24, 2.45) is 11.8 Å². The molecule has 0 aromatic heterocycles. The molecule has 1 spiro atoms. The molecule has 164 valence electrons. The first-order valence-corrected chi connectivity index (χ1v) is 11.5. The number of amides is 3. The van der Waals surface area contributed by atoms with Crippen molar-refractivity contribution in [3.05, 3.63) is 0 Å². The van der Waals surface area contributed by atoms with Gasteiger partial charge in [-0.3, -0.25) is 14.4 Å². The van der Waals surface area contributed by atoms with E-state index in [-0.39, 0.29) is 35.2 Å². The van der Waals surface area contributed by atoms with Crippen LogP contribution in [0.1, 0.15) is 46.0 Å². The van der Waals surface area contributed by atoms with Crippen molar-refractivity contribution in [1.29, 1.82) is 0 Å². The highest BCUT2D eigenvalue weighted by atomic mass is 79.9. The number of carbonyl (C=O) groups is 3. The Labute approximate surface area is 180 Å². The molecular weight excluding hydrogens is 442 g/mol. The maximum absolute atomic E-state index is 13.4. The molecule has 3 N–H and O–H groups in total. The summed E-state index contributed by atoms with van der Waals surface area (Å²) in [5.74, 6) is -1.91. The van der Waals surface area contributed by atoms with E-state index in [1.54, 1.807) is 11.9 Å². The van der Waals surface area contributed by atoms with Crippen molar-refractivity contribution in [2.75, 3.05) is 20.2 Å². The highest BCUT2D eigenvalue weighted by Crippen LogP contribution is 2.59. The number of nitrogens with zero attached hydrogens (tertiary/aromatic N) is 1. The Balaban J connectivity index is 1.95. The lowest BCUT2D eigenvalue weighted by Gasteiger charge is -2.34. The van der Waals surface area contributed by atoms with Crippen LogP contribution in [0.3, 0.4) is 0 Å². The number of hydrogen-bond acceptors (Lipinski definition) is 5. The molecule has 3 aliphatic rings. The van der Waals surface area contributed by atoms with Crippen molar-refractivity contribution >= 4 is 33.7 Å². The lowest BCUT2D eigenvalue weighted by molar-refractivity contribution is -0.142. The van der Waals surface area contributed by atoms with Gasteiger partial charge in [0.05, 0.1) is 17.9 Å².